The van der Waals surface area contributed by atoms with Gasteiger partial charge in [0.1, 0.15) is 5.56 Å². The van der Waals surface area contributed by atoms with Crippen molar-refractivity contribution in [1.82, 2.24) is 9.55 Å². The first-order valence-corrected chi connectivity index (χ1v) is 10.6. The summed E-state index contributed by atoms with van der Waals surface area (Å²) in [5.74, 6) is -1.00. The lowest BCUT2D eigenvalue weighted by Gasteiger charge is -2.14. The van der Waals surface area contributed by atoms with Crippen molar-refractivity contribution in [2.45, 2.75) is 13.8 Å². The van der Waals surface area contributed by atoms with Crippen LogP contribution in [0, 0.1) is 6.92 Å². The highest BCUT2D eigenvalue weighted by atomic mass is 16.3. The Hall–Kier alpha value is -4.72. The molecule has 2 N–H and O–H groups in total. The molecule has 1 aromatic heterocycles. The number of H-pyrrole nitrogens is 1. The third kappa shape index (κ3) is 3.41. The van der Waals surface area contributed by atoms with E-state index in [9.17, 15) is 19.5 Å². The van der Waals surface area contributed by atoms with Gasteiger partial charge in [-0.05, 0) is 49.1 Å². The summed E-state index contributed by atoms with van der Waals surface area (Å²) >= 11 is 0. The molecule has 1 amide bonds. The topological polar surface area (TPSA) is 108 Å². The van der Waals surface area contributed by atoms with E-state index >= 15 is 0 Å². The zero-order chi connectivity index (χ0) is 24.0. The number of hydrogen-bond acceptors (Lipinski definition) is 5. The summed E-state index contributed by atoms with van der Waals surface area (Å²) < 4.78 is 0.995. The van der Waals surface area contributed by atoms with Crippen molar-refractivity contribution in [1.29, 1.82) is 0 Å². The molecule has 1 aliphatic rings. The second-order valence-electron chi connectivity index (χ2n) is 8.03. The number of carbonyl (C=O) groups excluding carboxylic acids is 1. The summed E-state index contributed by atoms with van der Waals surface area (Å²) in [7, 11) is 0. The van der Waals surface area contributed by atoms with Crippen molar-refractivity contribution in [3.8, 4) is 11.6 Å². The first-order chi connectivity index (χ1) is 16.3. The number of anilines is 1. The molecule has 0 fully saturated rings. The number of hydrazone groups is 1. The summed E-state index contributed by atoms with van der Waals surface area (Å²) in [6, 6.07) is 20.1. The van der Waals surface area contributed by atoms with E-state index in [1.165, 1.54) is 11.1 Å². The summed E-state index contributed by atoms with van der Waals surface area (Å²) in [5.41, 5.74) is 0.591. The van der Waals surface area contributed by atoms with Gasteiger partial charge >= 0.3 is 5.69 Å². The number of aromatic amines is 1. The number of aryl methyl sites for hydroxylation is 1. The first-order valence-electron chi connectivity index (χ1n) is 10.6. The number of aromatic hydroxyl groups is 1. The van der Waals surface area contributed by atoms with Gasteiger partial charge in [-0.2, -0.15) is 10.1 Å². The predicted octanol–water partition coefficient (Wildman–Crippen LogP) is 3.50. The Balaban J connectivity index is 1.63. The minimum atomic E-state index is -0.803. The molecule has 0 aliphatic carbocycles. The van der Waals surface area contributed by atoms with E-state index < -0.39 is 23.0 Å². The molecule has 0 saturated carbocycles. The lowest BCUT2D eigenvalue weighted by molar-refractivity contribution is -0.114. The Kier molecular flexibility index (Phi) is 4.98. The van der Waals surface area contributed by atoms with E-state index in [1.54, 1.807) is 31.2 Å². The van der Waals surface area contributed by atoms with Gasteiger partial charge in [0.05, 0.1) is 22.7 Å². The van der Waals surface area contributed by atoms with Crippen molar-refractivity contribution in [3.63, 3.8) is 0 Å². The van der Waals surface area contributed by atoms with E-state index in [2.05, 4.69) is 10.1 Å². The lowest BCUT2D eigenvalue weighted by Crippen LogP contribution is -2.30. The summed E-state index contributed by atoms with van der Waals surface area (Å²) in [6.07, 6.45) is 1.27. The number of amides is 1. The summed E-state index contributed by atoms with van der Waals surface area (Å²) in [6.45, 7) is 3.50. The van der Waals surface area contributed by atoms with E-state index in [4.69, 9.17) is 0 Å². The fourth-order valence-electron chi connectivity index (χ4n) is 4.06. The van der Waals surface area contributed by atoms with Crippen LogP contribution in [0.2, 0.25) is 0 Å². The average molecular weight is 452 g/mol. The van der Waals surface area contributed by atoms with Crippen molar-refractivity contribution in [3.05, 3.63) is 104 Å². The van der Waals surface area contributed by atoms with Gasteiger partial charge < -0.3 is 5.11 Å². The maximum atomic E-state index is 13.3. The molecule has 8 heteroatoms. The molecule has 8 nitrogen and oxygen atoms in total. The van der Waals surface area contributed by atoms with Crippen LogP contribution >= 0.6 is 0 Å². The van der Waals surface area contributed by atoms with E-state index in [0.29, 0.717) is 17.1 Å². The van der Waals surface area contributed by atoms with Crippen LogP contribution in [0.15, 0.2) is 87.0 Å². The number of fused-ring (bicyclic) bond motifs is 1. The van der Waals surface area contributed by atoms with Gasteiger partial charge in [0.25, 0.3) is 11.5 Å². The van der Waals surface area contributed by atoms with Gasteiger partial charge in [-0.15, -0.1) is 0 Å². The maximum Gasteiger partial charge on any atom is 0.335 e. The van der Waals surface area contributed by atoms with Crippen LogP contribution in [-0.4, -0.2) is 26.3 Å². The van der Waals surface area contributed by atoms with E-state index in [0.717, 1.165) is 20.9 Å². The molecule has 168 valence electrons. The normalized spacial score (nSPS) is 14.8. The molecule has 5 rings (SSSR count). The zero-order valence-corrected chi connectivity index (χ0v) is 18.4. The van der Waals surface area contributed by atoms with Crippen LogP contribution in [0.1, 0.15) is 18.1 Å². The SMILES string of the molecule is CC1=NN(c2cccc3ccccc23)C(=O)/C1=C\c1c(O)n(-c2cccc(C)c2)c(=O)[nH]c1=O. The van der Waals surface area contributed by atoms with Crippen molar-refractivity contribution in [2.75, 3.05) is 5.01 Å². The number of aromatic nitrogens is 2. The Labute approximate surface area is 193 Å². The highest BCUT2D eigenvalue weighted by molar-refractivity contribution is 6.33. The minimum absolute atomic E-state index is 0.142. The molecule has 4 aromatic rings. The van der Waals surface area contributed by atoms with Crippen LogP contribution in [0.4, 0.5) is 5.69 Å². The monoisotopic (exact) mass is 452 g/mol. The molecular formula is C26H20N4O4. The van der Waals surface area contributed by atoms with Crippen molar-refractivity contribution >= 4 is 34.2 Å². The Morgan fingerprint density at radius 3 is 2.47 bits per heavy atom. The van der Waals surface area contributed by atoms with E-state index in [-0.39, 0.29) is 11.1 Å². The second-order valence-corrected chi connectivity index (χ2v) is 8.03. The smallest absolute Gasteiger partial charge is 0.335 e. The highest BCUT2D eigenvalue weighted by Crippen LogP contribution is 2.32. The van der Waals surface area contributed by atoms with Crippen molar-refractivity contribution in [2.24, 2.45) is 5.10 Å². The molecule has 34 heavy (non-hydrogen) atoms. The van der Waals surface area contributed by atoms with Crippen LogP contribution in [0.3, 0.4) is 0 Å². The molecular weight excluding hydrogens is 432 g/mol. The van der Waals surface area contributed by atoms with Gasteiger partial charge in [0.15, 0.2) is 0 Å². The minimum Gasteiger partial charge on any atom is -0.494 e. The highest BCUT2D eigenvalue weighted by Gasteiger charge is 2.30. The second kappa shape index (κ2) is 8.00. The number of hydrogen-bond donors (Lipinski definition) is 2. The van der Waals surface area contributed by atoms with Crippen LogP contribution < -0.4 is 16.3 Å². The largest absolute Gasteiger partial charge is 0.494 e. The summed E-state index contributed by atoms with van der Waals surface area (Å²) in [5, 5.41) is 18.4. The van der Waals surface area contributed by atoms with E-state index in [1.807, 2.05) is 49.4 Å². The number of nitrogens with one attached hydrogen (secondary N) is 1. The molecule has 3 aromatic carbocycles. The molecule has 0 saturated heterocycles. The van der Waals surface area contributed by atoms with Crippen LogP contribution in [0.5, 0.6) is 5.88 Å². The standard InChI is InChI=1S/C26H20N4O4/c1-15-7-5-10-18(13-15)29-24(32)21(23(31)27-26(29)34)14-20-16(2)28-30(25(20)33)22-12-6-9-17-8-3-4-11-19(17)22/h3-14,32H,1-2H3,(H,27,31,34)/b20-14-. The fourth-order valence-corrected chi connectivity index (χ4v) is 4.06. The molecule has 0 atom stereocenters. The third-order valence-corrected chi connectivity index (χ3v) is 5.73. The Morgan fingerprint density at radius 1 is 0.941 bits per heavy atom. The first kappa shape index (κ1) is 21.1. The molecule has 1 aliphatic heterocycles. The zero-order valence-electron chi connectivity index (χ0n) is 18.4. The van der Waals surface area contributed by atoms with Crippen molar-refractivity contribution < 1.29 is 9.90 Å². The number of benzene rings is 3. The predicted molar refractivity (Wildman–Crippen MR) is 132 cm³/mol. The number of carbonyl (C=O) groups is 1. The molecule has 0 radical (unpaired) electrons. The summed E-state index contributed by atoms with van der Waals surface area (Å²) in [4.78, 5) is 40.6. The lowest BCUT2D eigenvalue weighted by atomic mass is 10.1. The number of nitrogens with zero attached hydrogens (tertiary/aromatic N) is 3. The third-order valence-electron chi connectivity index (χ3n) is 5.73. The molecule has 0 unspecified atom stereocenters. The Morgan fingerprint density at radius 2 is 1.68 bits per heavy atom. The molecule has 2 heterocycles. The quantitative estimate of drug-likeness (QED) is 0.464. The fraction of sp³-hybridized carbons (Fsp3) is 0.0769. The van der Waals surface area contributed by atoms with Crippen LogP contribution in [-0.2, 0) is 4.79 Å². The van der Waals surface area contributed by atoms with Gasteiger partial charge in [0.2, 0.25) is 5.88 Å². The molecule has 0 spiro atoms. The van der Waals surface area contributed by atoms with Crippen LogP contribution in [0.25, 0.3) is 22.5 Å². The van der Waals surface area contributed by atoms with Gasteiger partial charge in [0, 0.05) is 5.39 Å². The number of rotatable bonds is 3. The Bertz CT molecular complexity index is 1650. The van der Waals surface area contributed by atoms with Gasteiger partial charge in [-0.1, -0.05) is 48.5 Å². The molecule has 0 bridgehead atoms. The maximum absolute atomic E-state index is 13.3. The average Bonchev–Trinajstić information content (AvgIpc) is 3.09. The van der Waals surface area contributed by atoms with Gasteiger partial charge in [-0.25, -0.2) is 9.36 Å². The van der Waals surface area contributed by atoms with Gasteiger partial charge in [-0.3, -0.25) is 14.6 Å².